The van der Waals surface area contributed by atoms with Crippen molar-refractivity contribution in [1.82, 2.24) is 0 Å². The van der Waals surface area contributed by atoms with Gasteiger partial charge in [0.1, 0.15) is 23.3 Å². The van der Waals surface area contributed by atoms with Gasteiger partial charge < -0.3 is 24.4 Å². The van der Waals surface area contributed by atoms with Gasteiger partial charge in [-0.1, -0.05) is 19.8 Å². The largest absolute Gasteiger partial charge is 0.463 e. The van der Waals surface area contributed by atoms with Gasteiger partial charge in [0, 0.05) is 6.42 Å². The van der Waals surface area contributed by atoms with Crippen LogP contribution < -0.4 is 4.72 Å². The van der Waals surface area contributed by atoms with Crippen LogP contribution in [0.1, 0.15) is 51.5 Å². The average Bonchev–Trinajstić information content (AvgIpc) is 3.17. The van der Waals surface area contributed by atoms with Crippen molar-refractivity contribution in [1.29, 1.82) is 0 Å². The van der Waals surface area contributed by atoms with Crippen molar-refractivity contribution in [3.63, 3.8) is 0 Å². The van der Waals surface area contributed by atoms with Crippen LogP contribution in [0.15, 0.2) is 29.8 Å². The second kappa shape index (κ2) is 11.8. The molecule has 0 radical (unpaired) electrons. The van der Waals surface area contributed by atoms with Gasteiger partial charge in [0.2, 0.25) is 10.0 Å². The van der Waals surface area contributed by atoms with Gasteiger partial charge >= 0.3 is 5.97 Å². The summed E-state index contributed by atoms with van der Waals surface area (Å²) in [5.41, 5.74) is 0.644. The SMILES string of the molecule is CCCCCc1cc(F)ccc1NS(=O)(=O)C1CCC2(C=C1C(=O)OCC)O[C@H](CO)[C@@H](CO)O2. The van der Waals surface area contributed by atoms with Gasteiger partial charge in [0.15, 0.2) is 5.79 Å². The molecule has 0 aromatic heterocycles. The number of hydrogen-bond donors (Lipinski definition) is 3. The van der Waals surface area contributed by atoms with E-state index in [0.29, 0.717) is 12.0 Å². The van der Waals surface area contributed by atoms with Crippen molar-refractivity contribution in [2.45, 2.75) is 75.6 Å². The highest BCUT2D eigenvalue weighted by atomic mass is 32.2. The smallest absolute Gasteiger partial charge is 0.335 e. The van der Waals surface area contributed by atoms with Crippen LogP contribution in [0.2, 0.25) is 0 Å². The molecule has 0 saturated carbocycles. The number of unbranched alkanes of at least 4 members (excludes halogenated alkanes) is 2. The Labute approximate surface area is 205 Å². The molecule has 1 aromatic carbocycles. The number of aliphatic hydroxyl groups excluding tert-OH is 2. The van der Waals surface area contributed by atoms with Crippen molar-refractivity contribution < 1.29 is 42.0 Å². The average molecular weight is 516 g/mol. The number of halogens is 1. The Morgan fingerprint density at radius 1 is 1.20 bits per heavy atom. The minimum absolute atomic E-state index is 0.0309. The van der Waals surface area contributed by atoms with E-state index >= 15 is 0 Å². The predicted molar refractivity (Wildman–Crippen MR) is 127 cm³/mol. The number of hydrogen-bond acceptors (Lipinski definition) is 8. The third kappa shape index (κ3) is 6.39. The van der Waals surface area contributed by atoms with Crippen molar-refractivity contribution in [3.8, 4) is 0 Å². The number of nitrogens with one attached hydrogen (secondary N) is 1. The Balaban J connectivity index is 1.92. The maximum atomic E-state index is 13.9. The molecule has 196 valence electrons. The molecule has 1 aliphatic carbocycles. The van der Waals surface area contributed by atoms with Crippen LogP contribution in [0, 0.1) is 5.82 Å². The maximum absolute atomic E-state index is 13.9. The fourth-order valence-electron chi connectivity index (χ4n) is 4.46. The Morgan fingerprint density at radius 3 is 2.49 bits per heavy atom. The first-order valence-corrected chi connectivity index (χ1v) is 13.5. The van der Waals surface area contributed by atoms with Crippen LogP contribution >= 0.6 is 0 Å². The highest BCUT2D eigenvalue weighted by molar-refractivity contribution is 7.93. The number of sulfonamides is 1. The third-order valence-corrected chi connectivity index (χ3v) is 7.95. The summed E-state index contributed by atoms with van der Waals surface area (Å²) in [4.78, 5) is 12.8. The van der Waals surface area contributed by atoms with Gasteiger partial charge in [-0.15, -0.1) is 0 Å². The zero-order valence-corrected chi connectivity index (χ0v) is 20.9. The molecule has 2 aliphatic rings. The second-order valence-corrected chi connectivity index (χ2v) is 10.6. The molecule has 3 atom stereocenters. The molecule has 11 heteroatoms. The molecule has 3 rings (SSSR count). The van der Waals surface area contributed by atoms with E-state index in [9.17, 15) is 27.8 Å². The van der Waals surface area contributed by atoms with Gasteiger partial charge in [-0.3, -0.25) is 4.72 Å². The molecule has 1 spiro atoms. The molecule has 1 heterocycles. The summed E-state index contributed by atoms with van der Waals surface area (Å²) >= 11 is 0. The molecule has 1 saturated heterocycles. The highest BCUT2D eigenvalue weighted by Gasteiger charge is 2.51. The normalized spacial score (nSPS) is 23.8. The van der Waals surface area contributed by atoms with Gasteiger partial charge in [-0.05, 0) is 56.0 Å². The Bertz CT molecular complexity index is 1020. The number of benzene rings is 1. The Hall–Kier alpha value is -2.05. The molecule has 1 unspecified atom stereocenters. The molecule has 3 N–H and O–H groups in total. The first kappa shape index (κ1) is 27.5. The van der Waals surface area contributed by atoms with Crippen LogP contribution in [0.4, 0.5) is 10.1 Å². The van der Waals surface area contributed by atoms with Crippen LogP contribution in [0.5, 0.6) is 0 Å². The van der Waals surface area contributed by atoms with E-state index in [1.54, 1.807) is 6.92 Å². The lowest BCUT2D eigenvalue weighted by Gasteiger charge is -2.33. The van der Waals surface area contributed by atoms with Crippen LogP contribution in [0.3, 0.4) is 0 Å². The summed E-state index contributed by atoms with van der Waals surface area (Å²) in [5, 5.41) is 17.8. The van der Waals surface area contributed by atoms with Crippen molar-refractivity contribution in [2.75, 3.05) is 24.5 Å². The Kier molecular flexibility index (Phi) is 9.28. The van der Waals surface area contributed by atoms with Crippen molar-refractivity contribution in [3.05, 3.63) is 41.2 Å². The fraction of sp³-hybridized carbons (Fsp3) is 0.625. The summed E-state index contributed by atoms with van der Waals surface area (Å²) < 4.78 is 60.1. The molecule has 1 aliphatic heterocycles. The molecular weight excluding hydrogens is 481 g/mol. The number of carbonyl (C=O) groups excluding carboxylic acids is 1. The zero-order valence-electron chi connectivity index (χ0n) is 20.0. The number of aliphatic hydroxyl groups is 2. The molecule has 35 heavy (non-hydrogen) atoms. The van der Waals surface area contributed by atoms with E-state index in [0.717, 1.165) is 19.3 Å². The highest BCUT2D eigenvalue weighted by Crippen LogP contribution is 2.41. The van der Waals surface area contributed by atoms with E-state index < -0.39 is 58.3 Å². The summed E-state index contributed by atoms with van der Waals surface area (Å²) in [5.74, 6) is -2.75. The lowest BCUT2D eigenvalue weighted by atomic mass is 9.94. The molecule has 9 nitrogen and oxygen atoms in total. The number of aryl methyl sites for hydroxylation is 1. The minimum atomic E-state index is -4.15. The van der Waals surface area contributed by atoms with Crippen LogP contribution in [-0.2, 0) is 35.4 Å². The number of esters is 1. The van der Waals surface area contributed by atoms with E-state index in [1.807, 2.05) is 6.92 Å². The van der Waals surface area contributed by atoms with E-state index in [-0.39, 0.29) is 30.7 Å². The van der Waals surface area contributed by atoms with Gasteiger partial charge in [0.25, 0.3) is 0 Å². The van der Waals surface area contributed by atoms with Gasteiger partial charge in [-0.2, -0.15) is 0 Å². The second-order valence-electron chi connectivity index (χ2n) is 8.74. The number of carbonyl (C=O) groups is 1. The summed E-state index contributed by atoms with van der Waals surface area (Å²) in [6, 6.07) is 3.88. The van der Waals surface area contributed by atoms with E-state index in [4.69, 9.17) is 14.2 Å². The Morgan fingerprint density at radius 2 is 1.89 bits per heavy atom. The van der Waals surface area contributed by atoms with Gasteiger partial charge in [-0.25, -0.2) is 17.6 Å². The molecule has 1 fully saturated rings. The van der Waals surface area contributed by atoms with Crippen molar-refractivity contribution >= 4 is 21.7 Å². The number of rotatable bonds is 11. The summed E-state index contributed by atoms with van der Waals surface area (Å²) in [7, 11) is -4.15. The third-order valence-electron chi connectivity index (χ3n) is 6.21. The molecule has 1 aromatic rings. The molecule has 0 amide bonds. The quantitative estimate of drug-likeness (QED) is 0.303. The minimum Gasteiger partial charge on any atom is -0.463 e. The standard InChI is InChI=1S/C24H34FNO8S/c1-3-5-6-7-16-12-17(25)8-9-19(16)26-35(30,31)22-10-11-24(13-18(22)23(29)32-4-2)33-20(14-27)21(15-28)34-24/h8-9,12-13,20-22,26-28H,3-7,10-11,14-15H2,1-2H3/t20-,21-,22?/m1/s1. The lowest BCUT2D eigenvalue weighted by Crippen LogP contribution is -2.43. The summed E-state index contributed by atoms with van der Waals surface area (Å²) in [6.45, 7) is 2.85. The predicted octanol–water partition coefficient (Wildman–Crippen LogP) is 2.42. The van der Waals surface area contributed by atoms with Crippen molar-refractivity contribution in [2.24, 2.45) is 0 Å². The van der Waals surface area contributed by atoms with Crippen LogP contribution in [0.25, 0.3) is 0 Å². The molecular formula is C24H34FNO8S. The maximum Gasteiger partial charge on any atom is 0.335 e. The first-order chi connectivity index (χ1) is 16.7. The fourth-order valence-corrected chi connectivity index (χ4v) is 6.04. The number of anilines is 1. The number of ether oxygens (including phenoxy) is 3. The zero-order chi connectivity index (χ0) is 25.6. The molecule has 0 bridgehead atoms. The first-order valence-electron chi connectivity index (χ1n) is 12.0. The van der Waals surface area contributed by atoms with E-state index in [1.165, 1.54) is 24.3 Å². The monoisotopic (exact) mass is 515 g/mol. The summed E-state index contributed by atoms with van der Waals surface area (Å²) in [6.07, 6.45) is 2.84. The topological polar surface area (TPSA) is 131 Å². The van der Waals surface area contributed by atoms with Gasteiger partial charge in [0.05, 0.1) is 31.1 Å². The van der Waals surface area contributed by atoms with Crippen LogP contribution in [-0.4, -0.2) is 67.7 Å². The van der Waals surface area contributed by atoms with E-state index in [2.05, 4.69) is 4.72 Å². The lowest BCUT2D eigenvalue weighted by molar-refractivity contribution is -0.154.